The molecule has 1 aromatic rings. The topological polar surface area (TPSA) is 55.6 Å². The van der Waals surface area contributed by atoms with Crippen LogP contribution < -0.4 is 5.73 Å². The first kappa shape index (κ1) is 15.0. The minimum absolute atomic E-state index is 0.342. The van der Waals surface area contributed by atoms with Crippen LogP contribution in [-0.2, 0) is 15.1 Å². The van der Waals surface area contributed by atoms with E-state index in [1.807, 2.05) is 30.3 Å². The van der Waals surface area contributed by atoms with Crippen molar-refractivity contribution in [3.05, 3.63) is 35.9 Å². The third-order valence-electron chi connectivity index (χ3n) is 3.91. The minimum atomic E-state index is -1.08. The van der Waals surface area contributed by atoms with Crippen molar-refractivity contribution in [3.8, 4) is 0 Å². The molecule has 0 radical (unpaired) electrons. The number of ether oxygens (including phenoxy) is 1. The molecular formula is C16H24N2O2. The van der Waals surface area contributed by atoms with Gasteiger partial charge in [-0.05, 0) is 31.4 Å². The van der Waals surface area contributed by atoms with Crippen molar-refractivity contribution < 1.29 is 9.53 Å². The van der Waals surface area contributed by atoms with Gasteiger partial charge in [0.2, 0.25) is 0 Å². The van der Waals surface area contributed by atoms with Crippen LogP contribution in [-0.4, -0.2) is 37.1 Å². The lowest BCUT2D eigenvalue weighted by molar-refractivity contribution is -0.150. The summed E-state index contributed by atoms with van der Waals surface area (Å²) in [5, 5.41) is 0. The Morgan fingerprint density at radius 3 is 2.70 bits per heavy atom. The Hall–Kier alpha value is -1.39. The van der Waals surface area contributed by atoms with E-state index in [4.69, 9.17) is 10.5 Å². The molecule has 2 atom stereocenters. The Morgan fingerprint density at radius 2 is 2.15 bits per heavy atom. The normalized spacial score (nSPS) is 22.4. The zero-order valence-corrected chi connectivity index (χ0v) is 12.3. The molecule has 2 rings (SSSR count). The summed E-state index contributed by atoms with van der Waals surface area (Å²) >= 11 is 0. The fourth-order valence-corrected chi connectivity index (χ4v) is 2.79. The number of nitrogens with two attached hydrogens (primary N) is 1. The zero-order chi connectivity index (χ0) is 14.6. The van der Waals surface area contributed by atoms with Gasteiger partial charge in [0.05, 0.1) is 6.61 Å². The molecule has 1 aromatic carbocycles. The molecule has 1 heterocycles. The van der Waals surface area contributed by atoms with Gasteiger partial charge in [0.25, 0.3) is 0 Å². The van der Waals surface area contributed by atoms with Gasteiger partial charge in [0.15, 0.2) is 5.54 Å². The summed E-state index contributed by atoms with van der Waals surface area (Å²) in [7, 11) is 0. The number of carbonyl (C=O) groups excluding carboxylic acids is 1. The molecule has 2 unspecified atom stereocenters. The first-order valence-electron chi connectivity index (χ1n) is 7.30. The second-order valence-electron chi connectivity index (χ2n) is 5.69. The van der Waals surface area contributed by atoms with Gasteiger partial charge in [-0.25, -0.2) is 4.79 Å². The van der Waals surface area contributed by atoms with E-state index in [2.05, 4.69) is 11.8 Å². The highest BCUT2D eigenvalue weighted by Crippen LogP contribution is 2.25. The van der Waals surface area contributed by atoms with Crippen LogP contribution in [0.1, 0.15) is 25.8 Å². The molecule has 0 spiro atoms. The summed E-state index contributed by atoms with van der Waals surface area (Å²) < 4.78 is 5.21. The highest BCUT2D eigenvalue weighted by molar-refractivity contribution is 5.82. The van der Waals surface area contributed by atoms with Crippen molar-refractivity contribution >= 4 is 5.97 Å². The van der Waals surface area contributed by atoms with Crippen LogP contribution >= 0.6 is 0 Å². The molecule has 110 valence electrons. The third-order valence-corrected chi connectivity index (χ3v) is 3.91. The Kier molecular flexibility index (Phi) is 4.78. The predicted molar refractivity (Wildman–Crippen MR) is 79.2 cm³/mol. The monoisotopic (exact) mass is 276 g/mol. The number of likely N-dealkylation sites (tertiary alicyclic amines) is 1. The molecule has 0 amide bonds. The average molecular weight is 276 g/mol. The first-order chi connectivity index (χ1) is 9.56. The second kappa shape index (κ2) is 6.37. The standard InChI is InChI=1S/C16H24N2O2/c1-3-20-15(19)16(17,14-7-5-4-6-8-14)12-18-10-9-13(2)11-18/h4-8,13H,3,9-12,17H2,1-2H3. The van der Waals surface area contributed by atoms with E-state index in [9.17, 15) is 4.79 Å². The fraction of sp³-hybridized carbons (Fsp3) is 0.562. The third kappa shape index (κ3) is 3.19. The van der Waals surface area contributed by atoms with E-state index >= 15 is 0 Å². The Balaban J connectivity index is 2.22. The van der Waals surface area contributed by atoms with Crippen LogP contribution in [0.4, 0.5) is 0 Å². The van der Waals surface area contributed by atoms with Gasteiger partial charge in [-0.3, -0.25) is 0 Å². The molecule has 1 aliphatic rings. The molecule has 20 heavy (non-hydrogen) atoms. The summed E-state index contributed by atoms with van der Waals surface area (Å²) in [6, 6.07) is 9.53. The minimum Gasteiger partial charge on any atom is -0.464 e. The summed E-state index contributed by atoms with van der Waals surface area (Å²) in [6.45, 7) is 6.88. The molecule has 1 aliphatic heterocycles. The quantitative estimate of drug-likeness (QED) is 0.832. The molecule has 0 aromatic heterocycles. The Labute approximate surface area is 120 Å². The Morgan fingerprint density at radius 1 is 1.45 bits per heavy atom. The number of esters is 1. The van der Waals surface area contributed by atoms with Crippen molar-refractivity contribution in [1.82, 2.24) is 4.90 Å². The van der Waals surface area contributed by atoms with Gasteiger partial charge in [-0.1, -0.05) is 37.3 Å². The average Bonchev–Trinajstić information content (AvgIpc) is 2.85. The van der Waals surface area contributed by atoms with Gasteiger partial charge < -0.3 is 15.4 Å². The SMILES string of the molecule is CCOC(=O)C(N)(CN1CCC(C)C1)c1ccccc1. The number of hydrogen-bond acceptors (Lipinski definition) is 4. The van der Waals surface area contributed by atoms with E-state index in [0.29, 0.717) is 19.1 Å². The molecule has 0 saturated carbocycles. The smallest absolute Gasteiger partial charge is 0.332 e. The number of hydrogen-bond donors (Lipinski definition) is 1. The highest BCUT2D eigenvalue weighted by Gasteiger charge is 2.40. The van der Waals surface area contributed by atoms with Crippen molar-refractivity contribution in [2.24, 2.45) is 11.7 Å². The highest BCUT2D eigenvalue weighted by atomic mass is 16.5. The van der Waals surface area contributed by atoms with Gasteiger partial charge >= 0.3 is 5.97 Å². The summed E-state index contributed by atoms with van der Waals surface area (Å²) in [4.78, 5) is 14.6. The molecule has 2 N–H and O–H groups in total. The molecule has 0 bridgehead atoms. The van der Waals surface area contributed by atoms with Gasteiger partial charge in [0.1, 0.15) is 0 Å². The lowest BCUT2D eigenvalue weighted by atomic mass is 9.90. The van der Waals surface area contributed by atoms with E-state index in [1.165, 1.54) is 0 Å². The van der Waals surface area contributed by atoms with Crippen LogP contribution in [0, 0.1) is 5.92 Å². The first-order valence-corrected chi connectivity index (χ1v) is 7.30. The second-order valence-corrected chi connectivity index (χ2v) is 5.69. The van der Waals surface area contributed by atoms with Crippen LogP contribution in [0.3, 0.4) is 0 Å². The molecule has 4 heteroatoms. The summed E-state index contributed by atoms with van der Waals surface area (Å²) in [6.07, 6.45) is 1.16. The summed E-state index contributed by atoms with van der Waals surface area (Å²) in [5.74, 6) is 0.322. The molecule has 0 aliphatic carbocycles. The van der Waals surface area contributed by atoms with E-state index in [-0.39, 0.29) is 5.97 Å². The van der Waals surface area contributed by atoms with Crippen molar-refractivity contribution in [1.29, 1.82) is 0 Å². The molecule has 4 nitrogen and oxygen atoms in total. The fourth-order valence-electron chi connectivity index (χ4n) is 2.79. The van der Waals surface area contributed by atoms with E-state index < -0.39 is 5.54 Å². The van der Waals surface area contributed by atoms with E-state index in [0.717, 1.165) is 25.1 Å². The van der Waals surface area contributed by atoms with Crippen LogP contribution in [0.25, 0.3) is 0 Å². The number of carbonyl (C=O) groups is 1. The van der Waals surface area contributed by atoms with Gasteiger partial charge in [-0.15, -0.1) is 0 Å². The van der Waals surface area contributed by atoms with Crippen LogP contribution in [0.5, 0.6) is 0 Å². The van der Waals surface area contributed by atoms with Crippen molar-refractivity contribution in [2.45, 2.75) is 25.8 Å². The van der Waals surface area contributed by atoms with Crippen molar-refractivity contribution in [3.63, 3.8) is 0 Å². The zero-order valence-electron chi connectivity index (χ0n) is 12.3. The lowest BCUT2D eigenvalue weighted by Crippen LogP contribution is -2.53. The maximum atomic E-state index is 12.4. The largest absolute Gasteiger partial charge is 0.464 e. The summed E-state index contributed by atoms with van der Waals surface area (Å²) in [5.41, 5.74) is 6.19. The number of rotatable bonds is 5. The van der Waals surface area contributed by atoms with Gasteiger partial charge in [-0.2, -0.15) is 0 Å². The van der Waals surface area contributed by atoms with Gasteiger partial charge in [0, 0.05) is 13.1 Å². The maximum absolute atomic E-state index is 12.4. The maximum Gasteiger partial charge on any atom is 0.332 e. The Bertz CT molecular complexity index is 449. The van der Waals surface area contributed by atoms with Crippen LogP contribution in [0.15, 0.2) is 30.3 Å². The number of nitrogens with zero attached hydrogens (tertiary/aromatic N) is 1. The van der Waals surface area contributed by atoms with Crippen molar-refractivity contribution in [2.75, 3.05) is 26.2 Å². The van der Waals surface area contributed by atoms with E-state index in [1.54, 1.807) is 6.92 Å². The molecule has 1 fully saturated rings. The van der Waals surface area contributed by atoms with Crippen LogP contribution in [0.2, 0.25) is 0 Å². The molecule has 1 saturated heterocycles. The lowest BCUT2D eigenvalue weighted by Gasteiger charge is -2.32. The predicted octanol–water partition coefficient (Wildman–Crippen LogP) is 1.75. The molecular weight excluding hydrogens is 252 g/mol. The number of benzene rings is 1.